The molecule has 0 aliphatic carbocycles. The number of halogens is 1. The molecule has 0 fully saturated rings. The van der Waals surface area contributed by atoms with Crippen molar-refractivity contribution in [3.05, 3.63) is 28.4 Å². The summed E-state index contributed by atoms with van der Waals surface area (Å²) in [5.41, 5.74) is 8.83. The van der Waals surface area contributed by atoms with E-state index in [1.807, 2.05) is 19.1 Å². The highest BCUT2D eigenvalue weighted by atomic mass is 79.9. The summed E-state index contributed by atoms with van der Waals surface area (Å²) in [7, 11) is 1.64. The minimum atomic E-state index is 0.570. The molecule has 2 rings (SSSR count). The van der Waals surface area contributed by atoms with Gasteiger partial charge in [-0.2, -0.15) is 5.10 Å². The molecule has 4 nitrogen and oxygen atoms in total. The van der Waals surface area contributed by atoms with Crippen LogP contribution in [0.4, 0.5) is 5.82 Å². The number of H-pyrrole nitrogens is 1. The van der Waals surface area contributed by atoms with Crippen LogP contribution < -0.4 is 10.5 Å². The maximum absolute atomic E-state index is 5.80. The smallest absolute Gasteiger partial charge is 0.133 e. The van der Waals surface area contributed by atoms with E-state index in [9.17, 15) is 0 Å². The Labute approximate surface area is 102 Å². The highest BCUT2D eigenvalue weighted by Crippen LogP contribution is 2.35. The molecule has 0 saturated heterocycles. The Kier molecular flexibility index (Phi) is 2.87. The van der Waals surface area contributed by atoms with E-state index in [-0.39, 0.29) is 0 Å². The zero-order chi connectivity index (χ0) is 11.7. The van der Waals surface area contributed by atoms with Gasteiger partial charge in [-0.3, -0.25) is 5.10 Å². The normalized spacial score (nSPS) is 10.4. The highest BCUT2D eigenvalue weighted by molar-refractivity contribution is 9.10. The van der Waals surface area contributed by atoms with Gasteiger partial charge in [-0.1, -0.05) is 0 Å². The van der Waals surface area contributed by atoms with E-state index in [2.05, 4.69) is 26.1 Å². The predicted octanol–water partition coefficient (Wildman–Crippen LogP) is 2.74. The van der Waals surface area contributed by atoms with Gasteiger partial charge in [0.05, 0.1) is 17.8 Å². The van der Waals surface area contributed by atoms with Crippen LogP contribution in [0.15, 0.2) is 22.8 Å². The largest absolute Gasteiger partial charge is 0.496 e. The van der Waals surface area contributed by atoms with Crippen LogP contribution in [-0.4, -0.2) is 17.3 Å². The minimum absolute atomic E-state index is 0.570. The van der Waals surface area contributed by atoms with Crippen LogP contribution in [0.1, 0.15) is 5.56 Å². The van der Waals surface area contributed by atoms with Crippen molar-refractivity contribution in [1.29, 1.82) is 0 Å². The van der Waals surface area contributed by atoms with Gasteiger partial charge >= 0.3 is 0 Å². The molecule has 1 aromatic heterocycles. The Morgan fingerprint density at radius 3 is 2.69 bits per heavy atom. The molecule has 0 aliphatic heterocycles. The van der Waals surface area contributed by atoms with E-state index in [0.717, 1.165) is 26.9 Å². The fourth-order valence-corrected chi connectivity index (χ4v) is 2.12. The SMILES string of the molecule is COc1cc(C)c(-c2cn[nH]c2N)cc1Br. The third kappa shape index (κ3) is 1.78. The molecule has 0 amide bonds. The Morgan fingerprint density at radius 2 is 2.12 bits per heavy atom. The number of rotatable bonds is 2. The molecule has 0 aliphatic rings. The quantitative estimate of drug-likeness (QED) is 0.890. The number of hydrogen-bond donors (Lipinski definition) is 2. The summed E-state index contributed by atoms with van der Waals surface area (Å²) in [6, 6.07) is 3.95. The summed E-state index contributed by atoms with van der Waals surface area (Å²) in [5.74, 6) is 1.38. The predicted molar refractivity (Wildman–Crippen MR) is 67.4 cm³/mol. The summed E-state index contributed by atoms with van der Waals surface area (Å²) in [5, 5.41) is 6.64. The molecule has 1 aromatic carbocycles. The van der Waals surface area contributed by atoms with Gasteiger partial charge in [0.25, 0.3) is 0 Å². The van der Waals surface area contributed by atoms with Crippen LogP contribution in [0.2, 0.25) is 0 Å². The van der Waals surface area contributed by atoms with Crippen molar-refractivity contribution in [2.24, 2.45) is 0 Å². The maximum Gasteiger partial charge on any atom is 0.133 e. The summed E-state index contributed by atoms with van der Waals surface area (Å²) in [4.78, 5) is 0. The van der Waals surface area contributed by atoms with Crippen LogP contribution in [0.25, 0.3) is 11.1 Å². The van der Waals surface area contributed by atoms with Crippen LogP contribution >= 0.6 is 15.9 Å². The van der Waals surface area contributed by atoms with Crippen molar-refractivity contribution in [3.63, 3.8) is 0 Å². The molecular weight excluding hydrogens is 270 g/mol. The number of nitrogen functional groups attached to an aromatic ring is 1. The number of nitrogens with two attached hydrogens (primary N) is 1. The number of aromatic nitrogens is 2. The lowest BCUT2D eigenvalue weighted by atomic mass is 10.0. The van der Waals surface area contributed by atoms with Crippen molar-refractivity contribution < 1.29 is 4.74 Å². The van der Waals surface area contributed by atoms with Gasteiger partial charge in [-0.15, -0.1) is 0 Å². The topological polar surface area (TPSA) is 63.9 Å². The summed E-state index contributed by atoms with van der Waals surface area (Å²) >= 11 is 3.46. The molecule has 5 heteroatoms. The van der Waals surface area contributed by atoms with Crippen LogP contribution in [0.3, 0.4) is 0 Å². The number of hydrogen-bond acceptors (Lipinski definition) is 3. The van der Waals surface area contributed by atoms with E-state index >= 15 is 0 Å². The lowest BCUT2D eigenvalue weighted by Crippen LogP contribution is -1.92. The number of anilines is 1. The lowest BCUT2D eigenvalue weighted by molar-refractivity contribution is 0.412. The molecule has 0 atom stereocenters. The highest BCUT2D eigenvalue weighted by Gasteiger charge is 2.11. The van der Waals surface area contributed by atoms with Gasteiger partial charge in [0.1, 0.15) is 11.6 Å². The fourth-order valence-electron chi connectivity index (χ4n) is 1.61. The molecule has 3 N–H and O–H groups in total. The summed E-state index contributed by atoms with van der Waals surface area (Å²) in [6.07, 6.45) is 1.72. The third-order valence-corrected chi connectivity index (χ3v) is 3.08. The summed E-state index contributed by atoms with van der Waals surface area (Å²) in [6.45, 7) is 2.01. The molecule has 0 unspecified atom stereocenters. The molecule has 0 spiro atoms. The second-order valence-corrected chi connectivity index (χ2v) is 4.35. The zero-order valence-electron chi connectivity index (χ0n) is 9.04. The first-order valence-corrected chi connectivity index (χ1v) is 5.56. The maximum atomic E-state index is 5.80. The van der Waals surface area contributed by atoms with Crippen molar-refractivity contribution in [2.45, 2.75) is 6.92 Å². The Balaban J connectivity index is 2.59. The van der Waals surface area contributed by atoms with Gasteiger partial charge in [0.15, 0.2) is 0 Å². The molecule has 0 bridgehead atoms. The monoisotopic (exact) mass is 281 g/mol. The summed E-state index contributed by atoms with van der Waals surface area (Å²) < 4.78 is 6.13. The van der Waals surface area contributed by atoms with Crippen LogP contribution in [0.5, 0.6) is 5.75 Å². The van der Waals surface area contributed by atoms with Crippen LogP contribution in [0, 0.1) is 6.92 Å². The van der Waals surface area contributed by atoms with E-state index in [0.29, 0.717) is 5.82 Å². The Bertz CT molecular complexity index is 522. The first kappa shape index (κ1) is 11.0. The second-order valence-electron chi connectivity index (χ2n) is 3.50. The van der Waals surface area contributed by atoms with Crippen molar-refractivity contribution in [2.75, 3.05) is 12.8 Å². The first-order chi connectivity index (χ1) is 7.63. The third-order valence-electron chi connectivity index (χ3n) is 2.46. The van der Waals surface area contributed by atoms with E-state index in [4.69, 9.17) is 10.5 Å². The zero-order valence-corrected chi connectivity index (χ0v) is 10.6. The molecule has 2 aromatic rings. The molecule has 0 saturated carbocycles. The average molecular weight is 282 g/mol. The number of nitrogens with one attached hydrogen (secondary N) is 1. The number of nitrogens with zero attached hydrogens (tertiary/aromatic N) is 1. The van der Waals surface area contributed by atoms with Crippen molar-refractivity contribution in [3.8, 4) is 16.9 Å². The second kappa shape index (κ2) is 4.17. The van der Waals surface area contributed by atoms with Crippen molar-refractivity contribution >= 4 is 21.7 Å². The number of aryl methyl sites for hydroxylation is 1. The van der Waals surface area contributed by atoms with E-state index in [1.54, 1.807) is 13.3 Å². The van der Waals surface area contributed by atoms with Crippen molar-refractivity contribution in [1.82, 2.24) is 10.2 Å². The van der Waals surface area contributed by atoms with E-state index < -0.39 is 0 Å². The number of benzene rings is 1. The van der Waals surface area contributed by atoms with Crippen LogP contribution in [-0.2, 0) is 0 Å². The molecular formula is C11H12BrN3O. The van der Waals surface area contributed by atoms with Gasteiger partial charge in [-0.05, 0) is 46.1 Å². The van der Waals surface area contributed by atoms with Gasteiger partial charge in [-0.25, -0.2) is 0 Å². The van der Waals surface area contributed by atoms with E-state index in [1.165, 1.54) is 0 Å². The van der Waals surface area contributed by atoms with Gasteiger partial charge < -0.3 is 10.5 Å². The molecule has 16 heavy (non-hydrogen) atoms. The standard InChI is InChI=1S/C11H12BrN3O/c1-6-3-10(16-2)9(12)4-7(6)8-5-14-15-11(8)13/h3-5H,1-2H3,(H3,13,14,15). The van der Waals surface area contributed by atoms with Gasteiger partial charge in [0.2, 0.25) is 0 Å². The number of ether oxygens (including phenoxy) is 1. The lowest BCUT2D eigenvalue weighted by Gasteiger charge is -2.09. The first-order valence-electron chi connectivity index (χ1n) is 4.77. The minimum Gasteiger partial charge on any atom is -0.496 e. The Hall–Kier alpha value is -1.49. The average Bonchev–Trinajstić information content (AvgIpc) is 2.67. The fraction of sp³-hybridized carbons (Fsp3) is 0.182. The molecule has 1 heterocycles. The molecule has 0 radical (unpaired) electrons. The Morgan fingerprint density at radius 1 is 1.38 bits per heavy atom. The van der Waals surface area contributed by atoms with Gasteiger partial charge in [0, 0.05) is 5.56 Å². The number of methoxy groups -OCH3 is 1. The number of aromatic amines is 1. The molecule has 84 valence electrons.